The molecular formula is C14H16N2O. The zero-order chi connectivity index (χ0) is 11.8. The maximum Gasteiger partial charge on any atom is 0.137 e. The second-order valence-corrected chi connectivity index (χ2v) is 4.59. The van der Waals surface area contributed by atoms with Crippen molar-refractivity contribution in [3.8, 4) is 11.3 Å². The third-order valence-electron chi connectivity index (χ3n) is 3.47. The van der Waals surface area contributed by atoms with E-state index < -0.39 is 0 Å². The van der Waals surface area contributed by atoms with Gasteiger partial charge < -0.3 is 10.3 Å². The monoisotopic (exact) mass is 228 g/mol. The maximum atomic E-state index is 6.03. The van der Waals surface area contributed by atoms with Crippen molar-refractivity contribution >= 4 is 0 Å². The number of aryl methyl sites for hydroxylation is 2. The molecule has 3 rings (SSSR count). The number of benzene rings is 1. The summed E-state index contributed by atoms with van der Waals surface area (Å²) >= 11 is 0. The molecule has 1 heterocycles. The average Bonchev–Trinajstić information content (AvgIpc) is 2.96. The lowest BCUT2D eigenvalue weighted by atomic mass is 10.0. The molecule has 17 heavy (non-hydrogen) atoms. The smallest absolute Gasteiger partial charge is 0.137 e. The highest BCUT2D eigenvalue weighted by atomic mass is 16.5. The van der Waals surface area contributed by atoms with E-state index in [1.54, 1.807) is 0 Å². The van der Waals surface area contributed by atoms with Crippen LogP contribution in [0, 0.1) is 0 Å². The van der Waals surface area contributed by atoms with E-state index in [9.17, 15) is 0 Å². The van der Waals surface area contributed by atoms with Crippen molar-refractivity contribution in [3.05, 3.63) is 41.2 Å². The van der Waals surface area contributed by atoms with Crippen LogP contribution < -0.4 is 5.73 Å². The van der Waals surface area contributed by atoms with Gasteiger partial charge in [-0.2, -0.15) is 0 Å². The van der Waals surface area contributed by atoms with Crippen LogP contribution in [-0.2, 0) is 12.8 Å². The van der Waals surface area contributed by atoms with Crippen molar-refractivity contribution in [2.45, 2.75) is 32.2 Å². The van der Waals surface area contributed by atoms with Gasteiger partial charge in [0.2, 0.25) is 0 Å². The predicted molar refractivity (Wildman–Crippen MR) is 66.6 cm³/mol. The molecule has 0 spiro atoms. The molecule has 1 aromatic heterocycles. The van der Waals surface area contributed by atoms with E-state index in [1.165, 1.54) is 11.1 Å². The minimum atomic E-state index is 0.211. The van der Waals surface area contributed by atoms with Crippen LogP contribution in [0.5, 0.6) is 0 Å². The van der Waals surface area contributed by atoms with E-state index in [1.807, 2.05) is 6.07 Å². The standard InChI is InChI=1S/C14H16N2O/c1-2-11-8-14(16-17-11)10-3-5-12-9(7-10)4-6-13(12)15/h3,5,7-8,13H,2,4,6,15H2,1H3/t13-/m1/s1. The van der Waals surface area contributed by atoms with Crippen molar-refractivity contribution < 1.29 is 4.52 Å². The lowest BCUT2D eigenvalue weighted by Crippen LogP contribution is -2.04. The minimum Gasteiger partial charge on any atom is -0.361 e. The number of hydrogen-bond acceptors (Lipinski definition) is 3. The number of hydrogen-bond donors (Lipinski definition) is 1. The molecule has 0 fully saturated rings. The zero-order valence-corrected chi connectivity index (χ0v) is 9.94. The Morgan fingerprint density at radius 2 is 2.29 bits per heavy atom. The molecule has 1 aromatic carbocycles. The molecule has 1 aliphatic carbocycles. The van der Waals surface area contributed by atoms with Gasteiger partial charge in [-0.1, -0.05) is 24.2 Å². The first-order chi connectivity index (χ1) is 8.28. The van der Waals surface area contributed by atoms with Crippen molar-refractivity contribution in [1.29, 1.82) is 0 Å². The fourth-order valence-electron chi connectivity index (χ4n) is 2.43. The summed E-state index contributed by atoms with van der Waals surface area (Å²) in [6.45, 7) is 2.06. The van der Waals surface area contributed by atoms with Crippen molar-refractivity contribution in [2.24, 2.45) is 5.73 Å². The summed E-state index contributed by atoms with van der Waals surface area (Å²) in [5, 5.41) is 4.10. The van der Waals surface area contributed by atoms with Crippen LogP contribution in [0.4, 0.5) is 0 Å². The van der Waals surface area contributed by atoms with Gasteiger partial charge in [0.05, 0.1) is 0 Å². The highest BCUT2D eigenvalue weighted by Gasteiger charge is 2.19. The SMILES string of the molecule is CCc1cc(-c2ccc3c(c2)CC[C@H]3N)no1. The molecule has 0 amide bonds. The summed E-state index contributed by atoms with van der Waals surface area (Å²) in [6.07, 6.45) is 3.00. The quantitative estimate of drug-likeness (QED) is 0.859. The zero-order valence-electron chi connectivity index (χ0n) is 9.94. The molecule has 2 aromatic rings. The van der Waals surface area contributed by atoms with E-state index >= 15 is 0 Å². The molecule has 1 aliphatic rings. The molecule has 0 unspecified atom stereocenters. The number of aromatic nitrogens is 1. The molecule has 3 nitrogen and oxygen atoms in total. The summed E-state index contributed by atoms with van der Waals surface area (Å²) in [5.41, 5.74) is 10.7. The van der Waals surface area contributed by atoms with Crippen molar-refractivity contribution in [1.82, 2.24) is 5.16 Å². The van der Waals surface area contributed by atoms with Gasteiger partial charge >= 0.3 is 0 Å². The molecular weight excluding hydrogens is 212 g/mol. The highest BCUT2D eigenvalue weighted by Crippen LogP contribution is 2.32. The molecule has 0 saturated heterocycles. The molecule has 3 heteroatoms. The van der Waals surface area contributed by atoms with Gasteiger partial charge in [0.15, 0.2) is 0 Å². The van der Waals surface area contributed by atoms with Gasteiger partial charge in [-0.25, -0.2) is 0 Å². The molecule has 0 saturated carbocycles. The van der Waals surface area contributed by atoms with Gasteiger partial charge in [0.25, 0.3) is 0 Å². The Labute approximate surface area is 101 Å². The number of rotatable bonds is 2. The molecule has 2 N–H and O–H groups in total. The molecule has 0 radical (unpaired) electrons. The summed E-state index contributed by atoms with van der Waals surface area (Å²) in [7, 11) is 0. The summed E-state index contributed by atoms with van der Waals surface area (Å²) in [4.78, 5) is 0. The van der Waals surface area contributed by atoms with Gasteiger partial charge in [-0.3, -0.25) is 0 Å². The van der Waals surface area contributed by atoms with Crippen LogP contribution in [0.2, 0.25) is 0 Å². The van der Waals surface area contributed by atoms with E-state index in [2.05, 4.69) is 30.3 Å². The Bertz CT molecular complexity index is 545. The largest absolute Gasteiger partial charge is 0.361 e. The van der Waals surface area contributed by atoms with E-state index in [0.29, 0.717) is 0 Å². The first kappa shape index (κ1) is 10.5. The first-order valence-corrected chi connectivity index (χ1v) is 6.12. The Balaban J connectivity index is 1.99. The molecule has 0 aliphatic heterocycles. The first-order valence-electron chi connectivity index (χ1n) is 6.12. The van der Waals surface area contributed by atoms with E-state index in [0.717, 1.165) is 36.3 Å². The van der Waals surface area contributed by atoms with E-state index in [4.69, 9.17) is 10.3 Å². The Kier molecular flexibility index (Phi) is 2.48. The van der Waals surface area contributed by atoms with Crippen LogP contribution in [0.3, 0.4) is 0 Å². The lowest BCUT2D eigenvalue weighted by Gasteiger charge is -2.05. The number of nitrogens with zero attached hydrogens (tertiary/aromatic N) is 1. The summed E-state index contributed by atoms with van der Waals surface area (Å²) in [6, 6.07) is 8.63. The predicted octanol–water partition coefficient (Wildman–Crippen LogP) is 2.85. The topological polar surface area (TPSA) is 52.0 Å². The van der Waals surface area contributed by atoms with Crippen LogP contribution in [-0.4, -0.2) is 5.16 Å². The van der Waals surface area contributed by atoms with E-state index in [-0.39, 0.29) is 6.04 Å². The van der Waals surface area contributed by atoms with Crippen molar-refractivity contribution in [2.75, 3.05) is 0 Å². The number of nitrogens with two attached hydrogens (primary N) is 1. The van der Waals surface area contributed by atoms with Gasteiger partial charge in [0.1, 0.15) is 11.5 Å². The second kappa shape index (κ2) is 4.00. The van der Waals surface area contributed by atoms with Gasteiger partial charge in [0, 0.05) is 24.1 Å². The number of fused-ring (bicyclic) bond motifs is 1. The van der Waals surface area contributed by atoms with Gasteiger partial charge in [-0.05, 0) is 30.0 Å². The van der Waals surface area contributed by atoms with Crippen LogP contribution in [0.25, 0.3) is 11.3 Å². The maximum absolute atomic E-state index is 6.03. The molecule has 88 valence electrons. The Morgan fingerprint density at radius 1 is 1.41 bits per heavy atom. The Hall–Kier alpha value is -1.61. The van der Waals surface area contributed by atoms with Gasteiger partial charge in [-0.15, -0.1) is 0 Å². The minimum absolute atomic E-state index is 0.211. The van der Waals surface area contributed by atoms with Crippen LogP contribution in [0.15, 0.2) is 28.8 Å². The third kappa shape index (κ3) is 1.76. The fraction of sp³-hybridized carbons (Fsp3) is 0.357. The van der Waals surface area contributed by atoms with Crippen LogP contribution >= 0.6 is 0 Å². The van der Waals surface area contributed by atoms with Crippen LogP contribution in [0.1, 0.15) is 36.3 Å². The fourth-order valence-corrected chi connectivity index (χ4v) is 2.43. The Morgan fingerprint density at radius 3 is 3.06 bits per heavy atom. The lowest BCUT2D eigenvalue weighted by molar-refractivity contribution is 0.389. The second-order valence-electron chi connectivity index (χ2n) is 4.59. The van der Waals surface area contributed by atoms with Crippen molar-refractivity contribution in [3.63, 3.8) is 0 Å². The summed E-state index contributed by atoms with van der Waals surface area (Å²) < 4.78 is 5.23. The average molecular weight is 228 g/mol. The third-order valence-corrected chi connectivity index (χ3v) is 3.47. The normalized spacial score (nSPS) is 18.4. The molecule has 1 atom stereocenters. The summed E-state index contributed by atoms with van der Waals surface area (Å²) in [5.74, 6) is 0.928. The highest BCUT2D eigenvalue weighted by molar-refractivity contribution is 5.61. The molecule has 0 bridgehead atoms.